The molecule has 110 valence electrons. The number of fused-ring (bicyclic) bond motifs is 1. The Labute approximate surface area is 121 Å². The predicted molar refractivity (Wildman–Crippen MR) is 77.4 cm³/mol. The maximum Gasteiger partial charge on any atom is 0.320 e. The van der Waals surface area contributed by atoms with Gasteiger partial charge in [-0.2, -0.15) is 0 Å². The van der Waals surface area contributed by atoms with Crippen LogP contribution in [-0.2, 0) is 6.54 Å². The van der Waals surface area contributed by atoms with Gasteiger partial charge in [0.05, 0.1) is 25.1 Å². The van der Waals surface area contributed by atoms with Crippen LogP contribution < -0.4 is 20.3 Å². The summed E-state index contributed by atoms with van der Waals surface area (Å²) in [4.78, 5) is 25.0. The van der Waals surface area contributed by atoms with Gasteiger partial charge in [-0.25, -0.2) is 14.8 Å². The molecule has 2 aromatic rings. The third-order valence-corrected chi connectivity index (χ3v) is 3.13. The second-order valence-corrected chi connectivity index (χ2v) is 4.55. The smallest absolute Gasteiger partial charge is 0.320 e. The molecule has 8 heteroatoms. The van der Waals surface area contributed by atoms with Crippen LogP contribution in [0.4, 0.5) is 16.4 Å². The molecule has 3 rings (SSSR count). The van der Waals surface area contributed by atoms with Gasteiger partial charge in [0.15, 0.2) is 11.6 Å². The highest BCUT2D eigenvalue weighted by Crippen LogP contribution is 2.31. The van der Waals surface area contributed by atoms with Crippen LogP contribution in [0, 0.1) is 0 Å². The van der Waals surface area contributed by atoms with Crippen molar-refractivity contribution in [2.24, 2.45) is 0 Å². The Kier molecular flexibility index (Phi) is 3.59. The monoisotopic (exact) mass is 288 g/mol. The summed E-state index contributed by atoms with van der Waals surface area (Å²) in [6.45, 7) is 1.95. The molecule has 0 saturated heterocycles. The number of carbonyl (C=O) groups excluding carboxylic acids is 1. The van der Waals surface area contributed by atoms with Crippen molar-refractivity contribution in [3.05, 3.63) is 30.4 Å². The molecule has 21 heavy (non-hydrogen) atoms. The SMILES string of the molecule is CNC(=O)Nc1ccc2c(n1)N(Cc1c[nH]cn1)CCO2. The van der Waals surface area contributed by atoms with E-state index in [1.165, 1.54) is 0 Å². The first kappa shape index (κ1) is 13.2. The van der Waals surface area contributed by atoms with Crippen molar-refractivity contribution in [2.75, 3.05) is 30.4 Å². The Morgan fingerprint density at radius 1 is 1.52 bits per heavy atom. The molecule has 0 aliphatic carbocycles. The molecule has 2 amide bonds. The van der Waals surface area contributed by atoms with Gasteiger partial charge >= 0.3 is 6.03 Å². The number of imidazole rings is 1. The topological polar surface area (TPSA) is 95.2 Å². The van der Waals surface area contributed by atoms with Gasteiger partial charge in [0.2, 0.25) is 0 Å². The number of H-pyrrole nitrogens is 1. The van der Waals surface area contributed by atoms with Crippen molar-refractivity contribution in [1.82, 2.24) is 20.3 Å². The van der Waals surface area contributed by atoms with Crippen LogP contribution in [0.5, 0.6) is 5.75 Å². The fourth-order valence-corrected chi connectivity index (χ4v) is 2.12. The normalized spacial score (nSPS) is 13.3. The number of aromatic amines is 1. The molecule has 0 atom stereocenters. The van der Waals surface area contributed by atoms with Gasteiger partial charge in [0, 0.05) is 13.2 Å². The van der Waals surface area contributed by atoms with Crippen LogP contribution >= 0.6 is 0 Å². The van der Waals surface area contributed by atoms with E-state index in [2.05, 4.69) is 30.5 Å². The molecule has 0 spiro atoms. The zero-order chi connectivity index (χ0) is 14.7. The minimum absolute atomic E-state index is 0.307. The summed E-state index contributed by atoms with van der Waals surface area (Å²) in [5, 5.41) is 5.15. The van der Waals surface area contributed by atoms with Gasteiger partial charge in [-0.05, 0) is 12.1 Å². The molecule has 0 aromatic carbocycles. The van der Waals surface area contributed by atoms with Crippen LogP contribution in [0.3, 0.4) is 0 Å². The van der Waals surface area contributed by atoms with E-state index in [-0.39, 0.29) is 6.03 Å². The molecular weight excluding hydrogens is 272 g/mol. The van der Waals surface area contributed by atoms with Crippen molar-refractivity contribution >= 4 is 17.7 Å². The van der Waals surface area contributed by atoms with Crippen LogP contribution in [0.1, 0.15) is 5.69 Å². The Balaban J connectivity index is 1.84. The van der Waals surface area contributed by atoms with E-state index in [0.29, 0.717) is 30.5 Å². The minimum Gasteiger partial charge on any atom is -0.488 e. The van der Waals surface area contributed by atoms with Crippen LogP contribution in [-0.4, -0.2) is 41.2 Å². The highest BCUT2D eigenvalue weighted by Gasteiger charge is 2.21. The number of urea groups is 1. The molecule has 8 nitrogen and oxygen atoms in total. The summed E-state index contributed by atoms with van der Waals surface area (Å²) in [6, 6.07) is 3.22. The number of carbonyl (C=O) groups is 1. The molecule has 1 aliphatic rings. The van der Waals surface area contributed by atoms with Crippen molar-refractivity contribution in [1.29, 1.82) is 0 Å². The van der Waals surface area contributed by atoms with Crippen LogP contribution in [0.2, 0.25) is 0 Å². The van der Waals surface area contributed by atoms with Crippen LogP contribution in [0.15, 0.2) is 24.7 Å². The molecule has 0 saturated carbocycles. The molecule has 2 aromatic heterocycles. The van der Waals surface area contributed by atoms with Crippen molar-refractivity contribution in [3.8, 4) is 5.75 Å². The van der Waals surface area contributed by atoms with E-state index in [1.807, 2.05) is 12.3 Å². The van der Waals surface area contributed by atoms with Crippen molar-refractivity contribution in [2.45, 2.75) is 6.54 Å². The molecule has 0 bridgehead atoms. The van der Waals surface area contributed by atoms with Gasteiger partial charge < -0.3 is 19.9 Å². The number of amides is 2. The summed E-state index contributed by atoms with van der Waals surface area (Å²) in [5.41, 5.74) is 0.925. The van der Waals surface area contributed by atoms with E-state index < -0.39 is 0 Å². The fraction of sp³-hybridized carbons (Fsp3) is 0.308. The maximum absolute atomic E-state index is 11.4. The Morgan fingerprint density at radius 3 is 3.19 bits per heavy atom. The van der Waals surface area contributed by atoms with Gasteiger partial charge in [-0.15, -0.1) is 0 Å². The summed E-state index contributed by atoms with van der Waals surface area (Å²) in [7, 11) is 1.56. The number of hydrogen-bond donors (Lipinski definition) is 3. The highest BCUT2D eigenvalue weighted by molar-refractivity contribution is 5.88. The molecular formula is C13H16N6O2. The maximum atomic E-state index is 11.4. The summed E-state index contributed by atoms with van der Waals surface area (Å²) in [6.07, 6.45) is 3.50. The molecule has 3 N–H and O–H groups in total. The highest BCUT2D eigenvalue weighted by atomic mass is 16.5. The third-order valence-electron chi connectivity index (χ3n) is 3.13. The summed E-state index contributed by atoms with van der Waals surface area (Å²) < 4.78 is 5.60. The largest absolute Gasteiger partial charge is 0.488 e. The minimum atomic E-state index is -0.307. The second kappa shape index (κ2) is 5.70. The Morgan fingerprint density at radius 2 is 2.43 bits per heavy atom. The molecule has 3 heterocycles. The number of hydrogen-bond acceptors (Lipinski definition) is 5. The van der Waals surface area contributed by atoms with Crippen molar-refractivity contribution < 1.29 is 9.53 Å². The second-order valence-electron chi connectivity index (χ2n) is 4.55. The summed E-state index contributed by atoms with van der Waals surface area (Å²) in [5.74, 6) is 1.89. The molecule has 1 aliphatic heterocycles. The average Bonchev–Trinajstić information content (AvgIpc) is 3.01. The first-order valence-electron chi connectivity index (χ1n) is 6.61. The number of anilines is 2. The number of nitrogens with one attached hydrogen (secondary N) is 3. The quantitative estimate of drug-likeness (QED) is 0.781. The number of nitrogens with zero attached hydrogens (tertiary/aromatic N) is 3. The number of rotatable bonds is 3. The Bertz CT molecular complexity index is 628. The predicted octanol–water partition coefficient (Wildman–Crippen LogP) is 0.955. The average molecular weight is 288 g/mol. The number of aromatic nitrogens is 3. The van der Waals surface area contributed by atoms with E-state index in [0.717, 1.165) is 12.2 Å². The first-order valence-corrected chi connectivity index (χ1v) is 6.61. The first-order chi connectivity index (χ1) is 10.3. The zero-order valence-electron chi connectivity index (χ0n) is 11.6. The van der Waals surface area contributed by atoms with E-state index in [1.54, 1.807) is 19.4 Å². The lowest BCUT2D eigenvalue weighted by molar-refractivity contribution is 0.254. The summed E-state index contributed by atoms with van der Waals surface area (Å²) >= 11 is 0. The van der Waals surface area contributed by atoms with Crippen molar-refractivity contribution in [3.63, 3.8) is 0 Å². The zero-order valence-corrected chi connectivity index (χ0v) is 11.6. The Hall–Kier alpha value is -2.77. The van der Waals surface area contributed by atoms with Gasteiger partial charge in [0.25, 0.3) is 0 Å². The lowest BCUT2D eigenvalue weighted by atomic mass is 10.3. The molecule has 0 fully saturated rings. The number of ether oxygens (including phenoxy) is 1. The van der Waals surface area contributed by atoms with Gasteiger partial charge in [0.1, 0.15) is 12.4 Å². The lowest BCUT2D eigenvalue weighted by Crippen LogP contribution is -2.33. The number of pyridine rings is 1. The van der Waals surface area contributed by atoms with E-state index in [4.69, 9.17) is 4.74 Å². The van der Waals surface area contributed by atoms with E-state index >= 15 is 0 Å². The van der Waals surface area contributed by atoms with Gasteiger partial charge in [-0.3, -0.25) is 5.32 Å². The fourth-order valence-electron chi connectivity index (χ4n) is 2.12. The van der Waals surface area contributed by atoms with E-state index in [9.17, 15) is 4.79 Å². The van der Waals surface area contributed by atoms with Crippen LogP contribution in [0.25, 0.3) is 0 Å². The third kappa shape index (κ3) is 2.88. The molecule has 0 radical (unpaired) electrons. The lowest BCUT2D eigenvalue weighted by Gasteiger charge is -2.29. The standard InChI is InChI=1S/C13H16N6O2/c1-14-13(20)18-11-3-2-10-12(17-11)19(4-5-21-10)7-9-6-15-8-16-9/h2-3,6,8H,4-5,7H2,1H3,(H,15,16)(H2,14,17,18,20). The molecule has 0 unspecified atom stereocenters. The van der Waals surface area contributed by atoms with Gasteiger partial charge in [-0.1, -0.05) is 0 Å².